The number of carbonyl (C=O) groups is 2. The smallest absolute Gasteiger partial charge is 0.338 e. The molecular weight excluding hydrogens is 334 g/mol. The molecule has 1 aromatic carbocycles. The minimum atomic E-state index is -0.901. The van der Waals surface area contributed by atoms with Crippen molar-refractivity contribution >= 4 is 11.9 Å². The van der Waals surface area contributed by atoms with E-state index in [-0.39, 0.29) is 12.5 Å². The van der Waals surface area contributed by atoms with Gasteiger partial charge in [0.15, 0.2) is 6.10 Å². The van der Waals surface area contributed by atoms with Gasteiger partial charge >= 0.3 is 5.97 Å². The van der Waals surface area contributed by atoms with Gasteiger partial charge in [0.1, 0.15) is 11.5 Å². The van der Waals surface area contributed by atoms with Crippen LogP contribution in [0.2, 0.25) is 0 Å². The molecule has 1 atom stereocenters. The van der Waals surface area contributed by atoms with Gasteiger partial charge in [-0.15, -0.1) is 0 Å². The van der Waals surface area contributed by atoms with E-state index in [1.165, 1.54) is 13.2 Å². The number of carbonyl (C=O) groups excluding carboxylic acids is 2. The number of rotatable bonds is 10. The van der Waals surface area contributed by atoms with Crippen LogP contribution in [0.1, 0.15) is 49.2 Å². The van der Waals surface area contributed by atoms with Gasteiger partial charge in [-0.3, -0.25) is 4.79 Å². The minimum absolute atomic E-state index is 0.248. The lowest BCUT2D eigenvalue weighted by molar-refractivity contribution is -0.129. The topological polar surface area (TPSA) is 77.8 Å². The quantitative estimate of drug-likeness (QED) is 0.517. The highest BCUT2D eigenvalue weighted by Gasteiger charge is 2.19. The molecule has 0 radical (unpaired) electrons. The van der Waals surface area contributed by atoms with E-state index in [9.17, 15) is 9.59 Å². The van der Waals surface area contributed by atoms with E-state index in [0.29, 0.717) is 23.7 Å². The van der Waals surface area contributed by atoms with Crippen LogP contribution in [0.25, 0.3) is 0 Å². The van der Waals surface area contributed by atoms with Crippen molar-refractivity contribution in [1.82, 2.24) is 5.32 Å². The molecule has 1 amide bonds. The van der Waals surface area contributed by atoms with Crippen molar-refractivity contribution in [2.24, 2.45) is 0 Å². The molecule has 0 saturated carbocycles. The molecule has 26 heavy (non-hydrogen) atoms. The number of ether oxygens (including phenoxy) is 2. The van der Waals surface area contributed by atoms with E-state index in [4.69, 9.17) is 13.9 Å². The van der Waals surface area contributed by atoms with Crippen LogP contribution in [0, 0.1) is 0 Å². The molecule has 0 aliphatic heterocycles. The third kappa shape index (κ3) is 6.27. The van der Waals surface area contributed by atoms with Gasteiger partial charge in [-0.2, -0.15) is 0 Å². The van der Waals surface area contributed by atoms with Gasteiger partial charge < -0.3 is 19.2 Å². The first-order chi connectivity index (χ1) is 12.6. The van der Waals surface area contributed by atoms with Crippen molar-refractivity contribution in [3.05, 3.63) is 54.0 Å². The Morgan fingerprint density at radius 1 is 1.15 bits per heavy atom. The lowest BCUT2D eigenvalue weighted by atomic mass is 10.2. The summed E-state index contributed by atoms with van der Waals surface area (Å²) in [5.74, 6) is 0.405. The summed E-state index contributed by atoms with van der Waals surface area (Å²) >= 11 is 0. The minimum Gasteiger partial charge on any atom is -0.494 e. The SMILES string of the molecule is CCCCCOc1ccc(C(=O)O[C@H](C)C(=O)NCc2ccco2)cc1. The zero-order chi connectivity index (χ0) is 18.8. The molecule has 0 unspecified atom stereocenters. The van der Waals surface area contributed by atoms with Crippen molar-refractivity contribution in [1.29, 1.82) is 0 Å². The van der Waals surface area contributed by atoms with E-state index >= 15 is 0 Å². The molecule has 0 bridgehead atoms. The van der Waals surface area contributed by atoms with E-state index in [2.05, 4.69) is 12.2 Å². The van der Waals surface area contributed by atoms with Crippen LogP contribution < -0.4 is 10.1 Å². The molecule has 0 spiro atoms. The molecule has 0 fully saturated rings. The fourth-order valence-corrected chi connectivity index (χ4v) is 2.24. The van der Waals surface area contributed by atoms with Crippen molar-refractivity contribution < 1.29 is 23.5 Å². The van der Waals surface area contributed by atoms with Crippen LogP contribution in [0.3, 0.4) is 0 Å². The van der Waals surface area contributed by atoms with Crippen molar-refractivity contribution in [2.45, 2.75) is 45.8 Å². The summed E-state index contributed by atoms with van der Waals surface area (Å²) in [4.78, 5) is 24.1. The summed E-state index contributed by atoms with van der Waals surface area (Å²) in [5, 5.41) is 2.65. The normalized spacial score (nSPS) is 11.6. The summed E-state index contributed by atoms with van der Waals surface area (Å²) in [6, 6.07) is 10.2. The van der Waals surface area contributed by atoms with E-state index in [1.807, 2.05) is 0 Å². The zero-order valence-electron chi connectivity index (χ0n) is 15.2. The van der Waals surface area contributed by atoms with Gasteiger partial charge in [-0.25, -0.2) is 4.79 Å². The van der Waals surface area contributed by atoms with Gasteiger partial charge in [0.2, 0.25) is 0 Å². The second-order valence-electron chi connectivity index (χ2n) is 5.92. The lowest BCUT2D eigenvalue weighted by Crippen LogP contribution is -2.35. The second kappa shape index (κ2) is 10.3. The Hall–Kier alpha value is -2.76. The molecular formula is C20H25NO5. The first-order valence-electron chi connectivity index (χ1n) is 8.84. The Morgan fingerprint density at radius 2 is 1.92 bits per heavy atom. The number of esters is 1. The number of nitrogens with one attached hydrogen (secondary N) is 1. The van der Waals surface area contributed by atoms with Crippen LogP contribution in [-0.2, 0) is 16.1 Å². The molecule has 6 nitrogen and oxygen atoms in total. The van der Waals surface area contributed by atoms with Crippen LogP contribution in [0.15, 0.2) is 47.1 Å². The third-order valence-electron chi connectivity index (χ3n) is 3.78. The van der Waals surface area contributed by atoms with Crippen LogP contribution in [0.4, 0.5) is 0 Å². The van der Waals surface area contributed by atoms with Crippen molar-refractivity contribution in [2.75, 3.05) is 6.61 Å². The molecule has 1 aromatic heterocycles. The molecule has 2 rings (SSSR count). The Labute approximate surface area is 153 Å². The summed E-state index contributed by atoms with van der Waals surface area (Å²) < 4.78 is 15.9. The molecule has 1 heterocycles. The number of benzene rings is 1. The number of hydrogen-bond acceptors (Lipinski definition) is 5. The summed E-state index contributed by atoms with van der Waals surface area (Å²) in [6.45, 7) is 4.57. The maximum absolute atomic E-state index is 12.1. The lowest BCUT2D eigenvalue weighted by Gasteiger charge is -2.13. The van der Waals surface area contributed by atoms with Gasteiger partial charge in [0.25, 0.3) is 5.91 Å². The van der Waals surface area contributed by atoms with Gasteiger partial charge in [0, 0.05) is 0 Å². The van der Waals surface area contributed by atoms with E-state index < -0.39 is 12.1 Å². The number of furan rings is 1. The highest BCUT2D eigenvalue weighted by atomic mass is 16.5. The molecule has 1 N–H and O–H groups in total. The molecule has 0 aliphatic carbocycles. The maximum Gasteiger partial charge on any atom is 0.338 e. The first-order valence-corrected chi connectivity index (χ1v) is 8.84. The van der Waals surface area contributed by atoms with Gasteiger partial charge in [-0.1, -0.05) is 19.8 Å². The molecule has 0 saturated heterocycles. The van der Waals surface area contributed by atoms with Crippen molar-refractivity contribution in [3.63, 3.8) is 0 Å². The fourth-order valence-electron chi connectivity index (χ4n) is 2.24. The van der Waals surface area contributed by atoms with E-state index in [0.717, 1.165) is 19.3 Å². The van der Waals surface area contributed by atoms with Crippen LogP contribution in [-0.4, -0.2) is 24.6 Å². The Morgan fingerprint density at radius 3 is 2.58 bits per heavy atom. The first kappa shape index (κ1) is 19.6. The number of amides is 1. The predicted octanol–water partition coefficient (Wildman–Crippen LogP) is 3.71. The molecule has 2 aromatic rings. The highest BCUT2D eigenvalue weighted by molar-refractivity contribution is 5.92. The summed E-state index contributed by atoms with van der Waals surface area (Å²) in [6.07, 6.45) is 3.90. The average Bonchev–Trinajstić information content (AvgIpc) is 3.17. The van der Waals surface area contributed by atoms with Crippen LogP contribution in [0.5, 0.6) is 5.75 Å². The monoisotopic (exact) mass is 359 g/mol. The van der Waals surface area contributed by atoms with Gasteiger partial charge in [0.05, 0.1) is 25.0 Å². The third-order valence-corrected chi connectivity index (χ3v) is 3.78. The summed E-state index contributed by atoms with van der Waals surface area (Å²) in [7, 11) is 0. The van der Waals surface area contributed by atoms with Gasteiger partial charge in [-0.05, 0) is 49.7 Å². The number of unbranched alkanes of at least 4 members (excludes halogenated alkanes) is 2. The molecule has 6 heteroatoms. The Bertz CT molecular complexity index is 679. The highest BCUT2D eigenvalue weighted by Crippen LogP contribution is 2.14. The Kier molecular flexibility index (Phi) is 7.74. The Balaban J connectivity index is 1.77. The maximum atomic E-state index is 12.1. The largest absolute Gasteiger partial charge is 0.494 e. The average molecular weight is 359 g/mol. The number of hydrogen-bond donors (Lipinski definition) is 1. The predicted molar refractivity (Wildman–Crippen MR) is 96.9 cm³/mol. The van der Waals surface area contributed by atoms with Crippen molar-refractivity contribution in [3.8, 4) is 5.75 Å². The van der Waals surface area contributed by atoms with E-state index in [1.54, 1.807) is 36.4 Å². The van der Waals surface area contributed by atoms with Crippen LogP contribution >= 0.6 is 0 Å². The zero-order valence-corrected chi connectivity index (χ0v) is 15.2. The standard InChI is InChI=1S/C20H25NO5/c1-3-4-5-12-24-17-10-8-16(9-11-17)20(23)26-15(2)19(22)21-14-18-7-6-13-25-18/h6-11,13,15H,3-5,12,14H2,1-2H3,(H,21,22)/t15-/m1/s1. The summed E-state index contributed by atoms with van der Waals surface area (Å²) in [5.41, 5.74) is 0.372. The fraction of sp³-hybridized carbons (Fsp3) is 0.400. The second-order valence-corrected chi connectivity index (χ2v) is 5.92. The molecule has 0 aliphatic rings. The molecule has 140 valence electrons.